The molecule has 1 aromatic carbocycles. The fourth-order valence-electron chi connectivity index (χ4n) is 1.36. The predicted octanol–water partition coefficient (Wildman–Crippen LogP) is -0.131. The van der Waals surface area contributed by atoms with E-state index in [9.17, 15) is 5.11 Å². The van der Waals surface area contributed by atoms with Gasteiger partial charge in [-0.3, -0.25) is 0 Å². The van der Waals surface area contributed by atoms with Crippen molar-refractivity contribution >= 4 is 39.7 Å². The number of hydrogen-bond acceptors (Lipinski definition) is 5. The molecule has 0 fully saturated rings. The first-order chi connectivity index (χ1) is 6.59. The first-order valence-corrected chi connectivity index (χ1v) is 4.78. The van der Waals surface area contributed by atoms with Crippen LogP contribution < -0.4 is 11.2 Å². The maximum absolute atomic E-state index is 9.29. The van der Waals surface area contributed by atoms with Crippen molar-refractivity contribution < 1.29 is 15.2 Å². The molecule has 0 atom stereocenters. The van der Waals surface area contributed by atoms with E-state index in [0.717, 1.165) is 11.3 Å². The fraction of sp³-hybridized carbons (Fsp3) is 0. The molecule has 0 amide bonds. The summed E-state index contributed by atoms with van der Waals surface area (Å²) < 4.78 is 0.609. The van der Waals surface area contributed by atoms with Crippen LogP contribution in [0.5, 0.6) is 5.06 Å². The van der Waals surface area contributed by atoms with Crippen LogP contribution in [0.4, 0.5) is 5.69 Å². The van der Waals surface area contributed by atoms with E-state index in [0.29, 0.717) is 21.2 Å². The Balaban J connectivity index is 2.81. The van der Waals surface area contributed by atoms with E-state index < -0.39 is 7.12 Å². The van der Waals surface area contributed by atoms with Crippen molar-refractivity contribution in [1.82, 2.24) is 0 Å². The summed E-state index contributed by atoms with van der Waals surface area (Å²) in [5, 5.41) is 28.2. The molecule has 1 aromatic heterocycles. The molecular weight excluding hydrogens is 201 g/mol. The highest BCUT2D eigenvalue weighted by atomic mass is 32.1. The number of benzene rings is 1. The molecule has 14 heavy (non-hydrogen) atoms. The van der Waals surface area contributed by atoms with Gasteiger partial charge in [0.2, 0.25) is 0 Å². The van der Waals surface area contributed by atoms with Crippen molar-refractivity contribution in [3.63, 3.8) is 0 Å². The molecule has 0 aliphatic carbocycles. The normalized spacial score (nSPS) is 10.7. The summed E-state index contributed by atoms with van der Waals surface area (Å²) in [6.45, 7) is 0. The summed E-state index contributed by atoms with van der Waals surface area (Å²) in [6.07, 6.45) is 0. The molecule has 5 N–H and O–H groups in total. The number of fused-ring (bicyclic) bond motifs is 1. The van der Waals surface area contributed by atoms with Gasteiger partial charge in [-0.15, -0.1) is 0 Å². The van der Waals surface area contributed by atoms with Gasteiger partial charge in [0.15, 0.2) is 5.06 Å². The standard InChI is InChI=1S/C8H8BNO3S/c10-6-2-1-5(9(12)13)8-4(6)3-7(11)14-8/h1-3,11-13H,10H2. The third-order valence-corrected chi connectivity index (χ3v) is 3.00. The van der Waals surface area contributed by atoms with Gasteiger partial charge in [-0.1, -0.05) is 17.4 Å². The maximum Gasteiger partial charge on any atom is 0.489 e. The first kappa shape index (κ1) is 9.33. The highest BCUT2D eigenvalue weighted by Gasteiger charge is 2.17. The van der Waals surface area contributed by atoms with Crippen LogP contribution in [0.2, 0.25) is 0 Å². The van der Waals surface area contributed by atoms with Gasteiger partial charge < -0.3 is 20.9 Å². The number of anilines is 1. The Labute approximate surface area is 84.4 Å². The Morgan fingerprint density at radius 3 is 2.64 bits per heavy atom. The smallest absolute Gasteiger partial charge is 0.489 e. The minimum absolute atomic E-state index is 0.111. The zero-order chi connectivity index (χ0) is 10.3. The van der Waals surface area contributed by atoms with Gasteiger partial charge in [-0.25, -0.2) is 0 Å². The number of thiophene rings is 1. The molecule has 1 heterocycles. The lowest BCUT2D eigenvalue weighted by atomic mass is 9.79. The highest BCUT2D eigenvalue weighted by molar-refractivity contribution is 7.22. The minimum Gasteiger partial charge on any atom is -0.499 e. The van der Waals surface area contributed by atoms with E-state index in [4.69, 9.17) is 15.8 Å². The average Bonchev–Trinajstić information content (AvgIpc) is 2.47. The molecule has 0 unspecified atom stereocenters. The van der Waals surface area contributed by atoms with Gasteiger partial charge in [0.1, 0.15) is 0 Å². The fourth-order valence-corrected chi connectivity index (χ4v) is 2.32. The Kier molecular flexibility index (Phi) is 2.11. The van der Waals surface area contributed by atoms with Crippen molar-refractivity contribution in [2.24, 2.45) is 0 Å². The minimum atomic E-state index is -1.55. The van der Waals surface area contributed by atoms with E-state index in [1.165, 1.54) is 12.1 Å². The third kappa shape index (κ3) is 1.33. The molecule has 0 bridgehead atoms. The lowest BCUT2D eigenvalue weighted by molar-refractivity contribution is 0.426. The molecule has 0 aliphatic rings. The Morgan fingerprint density at radius 2 is 2.00 bits per heavy atom. The Bertz CT molecular complexity index is 483. The van der Waals surface area contributed by atoms with Crippen LogP contribution >= 0.6 is 11.3 Å². The van der Waals surface area contributed by atoms with Crippen LogP contribution in [0.15, 0.2) is 18.2 Å². The zero-order valence-corrected chi connectivity index (χ0v) is 7.95. The molecule has 0 saturated heterocycles. The van der Waals surface area contributed by atoms with Crippen molar-refractivity contribution in [3.8, 4) is 5.06 Å². The summed E-state index contributed by atoms with van der Waals surface area (Å²) in [5.74, 6) is 0. The van der Waals surface area contributed by atoms with Gasteiger partial charge >= 0.3 is 7.12 Å². The van der Waals surface area contributed by atoms with Crippen molar-refractivity contribution in [2.75, 3.05) is 5.73 Å². The van der Waals surface area contributed by atoms with Gasteiger partial charge in [0.05, 0.1) is 0 Å². The molecule has 6 heteroatoms. The Hall–Kier alpha value is -1.24. The zero-order valence-electron chi connectivity index (χ0n) is 7.14. The van der Waals surface area contributed by atoms with Gasteiger partial charge in [0, 0.05) is 27.3 Å². The predicted molar refractivity (Wildman–Crippen MR) is 57.7 cm³/mol. The molecular formula is C8H8BNO3S. The molecule has 0 spiro atoms. The van der Waals surface area contributed by atoms with E-state index in [-0.39, 0.29) is 5.06 Å². The van der Waals surface area contributed by atoms with Gasteiger partial charge in [0.25, 0.3) is 0 Å². The second kappa shape index (κ2) is 3.16. The van der Waals surface area contributed by atoms with Gasteiger partial charge in [-0.2, -0.15) is 0 Å². The monoisotopic (exact) mass is 209 g/mol. The first-order valence-electron chi connectivity index (χ1n) is 3.96. The van der Waals surface area contributed by atoms with Crippen LogP contribution in [-0.2, 0) is 0 Å². The molecule has 4 nitrogen and oxygen atoms in total. The number of hydrogen-bond donors (Lipinski definition) is 4. The number of nitrogens with two attached hydrogens (primary N) is 1. The van der Waals surface area contributed by atoms with E-state index in [1.54, 1.807) is 6.07 Å². The molecule has 2 rings (SSSR count). The SMILES string of the molecule is Nc1ccc(B(O)O)c2sc(O)cc12. The summed E-state index contributed by atoms with van der Waals surface area (Å²) in [7, 11) is -1.55. The number of rotatable bonds is 1. The van der Waals surface area contributed by atoms with Crippen LogP contribution in [0.25, 0.3) is 10.1 Å². The largest absolute Gasteiger partial charge is 0.499 e. The second-order valence-corrected chi connectivity index (χ2v) is 3.98. The van der Waals surface area contributed by atoms with Crippen molar-refractivity contribution in [2.45, 2.75) is 0 Å². The summed E-state index contributed by atoms with van der Waals surface area (Å²) >= 11 is 1.08. The average molecular weight is 209 g/mol. The van der Waals surface area contributed by atoms with Crippen molar-refractivity contribution in [1.29, 1.82) is 0 Å². The molecule has 0 radical (unpaired) electrons. The van der Waals surface area contributed by atoms with Crippen LogP contribution in [-0.4, -0.2) is 22.3 Å². The lowest BCUT2D eigenvalue weighted by Crippen LogP contribution is -2.29. The quantitative estimate of drug-likeness (QED) is 0.389. The summed E-state index contributed by atoms with van der Waals surface area (Å²) in [6, 6.07) is 4.64. The number of aromatic hydroxyl groups is 1. The number of nitrogen functional groups attached to an aromatic ring is 1. The van der Waals surface area contributed by atoms with E-state index in [1.807, 2.05) is 0 Å². The van der Waals surface area contributed by atoms with Crippen LogP contribution in [0, 0.1) is 0 Å². The molecule has 2 aromatic rings. The third-order valence-electron chi connectivity index (χ3n) is 2.01. The van der Waals surface area contributed by atoms with Crippen LogP contribution in [0.3, 0.4) is 0 Å². The van der Waals surface area contributed by atoms with E-state index in [2.05, 4.69) is 0 Å². The summed E-state index contributed by atoms with van der Waals surface area (Å²) in [5.41, 5.74) is 6.55. The topological polar surface area (TPSA) is 86.7 Å². The molecule has 0 aliphatic heterocycles. The highest BCUT2D eigenvalue weighted by Crippen LogP contribution is 2.32. The summed E-state index contributed by atoms with van der Waals surface area (Å²) in [4.78, 5) is 0. The second-order valence-electron chi connectivity index (χ2n) is 2.95. The molecule has 0 saturated carbocycles. The lowest BCUT2D eigenvalue weighted by Gasteiger charge is -2.02. The molecule has 72 valence electrons. The van der Waals surface area contributed by atoms with Gasteiger partial charge in [-0.05, 0) is 6.07 Å². The van der Waals surface area contributed by atoms with E-state index >= 15 is 0 Å². The van der Waals surface area contributed by atoms with Crippen molar-refractivity contribution in [3.05, 3.63) is 18.2 Å². The Morgan fingerprint density at radius 1 is 1.29 bits per heavy atom. The maximum atomic E-state index is 9.29. The van der Waals surface area contributed by atoms with Crippen LogP contribution in [0.1, 0.15) is 0 Å².